The molecule has 0 radical (unpaired) electrons. The van der Waals surface area contributed by atoms with Crippen LogP contribution in [0.25, 0.3) is 0 Å². The van der Waals surface area contributed by atoms with E-state index in [0.717, 1.165) is 40.0 Å². The maximum Gasteiger partial charge on any atom is 0.251 e. The van der Waals surface area contributed by atoms with Crippen molar-refractivity contribution in [2.24, 2.45) is 0 Å². The Kier molecular flexibility index (Phi) is 28.3. The predicted octanol–water partition coefficient (Wildman–Crippen LogP) is -5.54. The fraction of sp³-hybridized carbons (Fsp3) is 0.768. The highest BCUT2D eigenvalue weighted by Gasteiger charge is 2.57. The minimum Gasteiger partial charge on any atom is -0.494 e. The van der Waals surface area contributed by atoms with Gasteiger partial charge in [-0.05, 0) is 43.9 Å². The summed E-state index contributed by atoms with van der Waals surface area (Å²) in [5.41, 5.74) is 0.0637. The second-order valence-corrected chi connectivity index (χ2v) is 22.1. The van der Waals surface area contributed by atoms with Crippen LogP contribution in [0.1, 0.15) is 89.9 Å². The molecule has 24 atom stereocenters. The van der Waals surface area contributed by atoms with Crippen molar-refractivity contribution in [2.45, 2.75) is 226 Å². The fourth-order valence-electron chi connectivity index (χ4n) is 11.1. The normalized spacial score (nSPS) is 37.2. The zero-order chi connectivity index (χ0) is 63.6. The number of aliphatic hydroxyl groups excluding tert-OH is 11. The van der Waals surface area contributed by atoms with Gasteiger partial charge in [0, 0.05) is 33.3 Å². The number of carbonyl (C=O) groups excluding carboxylic acids is 5. The van der Waals surface area contributed by atoms with Crippen LogP contribution in [0.2, 0.25) is 0 Å². The maximum atomic E-state index is 13.9. The van der Waals surface area contributed by atoms with E-state index in [1.807, 2.05) is 0 Å². The van der Waals surface area contributed by atoms with Crippen LogP contribution >= 0.6 is 0 Å². The average molecular weight is 1250 g/mol. The monoisotopic (exact) mass is 1250 g/mol. The molecule has 87 heavy (non-hydrogen) atoms. The van der Waals surface area contributed by atoms with E-state index in [9.17, 15) is 80.1 Å². The number of hydrogen-bond acceptors (Lipinski definition) is 26. The summed E-state index contributed by atoms with van der Waals surface area (Å²) in [6.45, 7) is 2.20. The Labute approximate surface area is 502 Å². The SMILES string of the molecule is CCCCCC/C=C\CCCOc1cccc(C(=O)NC2C(O)[C@H](O)C(CO)O[C@H]2O[C@@H]2C(CO)OC(OC3C(CO)O[C@@H](O[C@@H]4C(CO)O[C@@H](O[C@H]5C(CO)OC[C@H](NC(C)=O)[C@H]5O)C(NC(C)=O)C4O)[C@@H](NC(C)=O)[C@H]3O)C(NC(C)=O)C2O)c1. The van der Waals surface area contributed by atoms with Crippen molar-refractivity contribution in [2.75, 3.05) is 46.2 Å². The fourth-order valence-corrected chi connectivity index (χ4v) is 11.1. The molecule has 13 unspecified atom stereocenters. The first-order valence-corrected chi connectivity index (χ1v) is 29.3. The summed E-state index contributed by atoms with van der Waals surface area (Å²) in [4.78, 5) is 64.1. The van der Waals surface area contributed by atoms with Gasteiger partial charge in [0.2, 0.25) is 23.6 Å². The Balaban J connectivity index is 1.18. The number of allylic oxidation sites excluding steroid dienone is 2. The minimum absolute atomic E-state index is 0.0637. The van der Waals surface area contributed by atoms with Crippen molar-refractivity contribution < 1.29 is 128 Å². The quantitative estimate of drug-likeness (QED) is 0.0263. The number of benzene rings is 1. The molecule has 0 spiro atoms. The number of rotatable bonds is 29. The van der Waals surface area contributed by atoms with Crippen molar-refractivity contribution >= 4 is 29.5 Å². The van der Waals surface area contributed by atoms with Gasteiger partial charge in [-0.2, -0.15) is 0 Å². The number of carbonyl (C=O) groups is 5. The van der Waals surface area contributed by atoms with Crippen LogP contribution in [0.5, 0.6) is 5.75 Å². The number of nitrogens with one attached hydrogen (secondary N) is 5. The van der Waals surface area contributed by atoms with Gasteiger partial charge in [0.05, 0.1) is 52.3 Å². The number of unbranched alkanes of at least 4 members (excludes halogenated alkanes) is 5. The van der Waals surface area contributed by atoms with E-state index in [1.165, 1.54) is 38.3 Å². The Morgan fingerprint density at radius 2 is 0.908 bits per heavy atom. The number of ether oxygens (including phenoxy) is 10. The molecule has 0 saturated carbocycles. The van der Waals surface area contributed by atoms with Gasteiger partial charge in [-0.25, -0.2) is 0 Å². The van der Waals surface area contributed by atoms with Gasteiger partial charge in [0.25, 0.3) is 5.91 Å². The number of aliphatic hydroxyl groups is 11. The lowest BCUT2D eigenvalue weighted by Crippen LogP contribution is -2.72. The molecule has 5 aliphatic rings. The second kappa shape index (κ2) is 34.5. The van der Waals surface area contributed by atoms with Crippen molar-refractivity contribution in [3.05, 3.63) is 42.0 Å². The van der Waals surface area contributed by atoms with E-state index in [1.54, 1.807) is 12.1 Å². The van der Waals surface area contributed by atoms with E-state index in [0.29, 0.717) is 18.8 Å². The molecular formula is C56H89N5O26. The Morgan fingerprint density at radius 1 is 0.494 bits per heavy atom. The standard InChI is InChI=1S/C56H89N5O26/c1-6-7-8-9-10-11-12-13-14-18-78-31-17-15-16-30(19-31)52(77)61-38-44(73)43(72)33(20-62)80-53(38)85-49-35(22-64)82-55(40(46(49)75)59-28(4)69)87-51-37(24-66)83-56(41(47(51)76)60-29(5)70)86-50-36(23-65)81-54(39(45(50)74)58-27(3)68)84-48-34(21-63)79-25-32(42(48)71)57-26(2)67/h11-12,15-17,19,32-51,53-56,62-66,71-76H,6-10,13-14,18,20-25H2,1-5H3,(H,57,67)(H,58,68)(H,59,69)(H,60,70)(H,61,77)/b12-11-/t32-,33?,34?,35?,36?,37?,38?,39?,40?,41-,42+,43+,44?,45?,46?,47+,48-,49+,50+,51?,53-,54-,55?,56-/m0/s1. The Morgan fingerprint density at radius 3 is 1.33 bits per heavy atom. The first-order chi connectivity index (χ1) is 41.6. The molecule has 5 saturated heterocycles. The summed E-state index contributed by atoms with van der Waals surface area (Å²) in [5.74, 6) is -3.29. The third kappa shape index (κ3) is 18.9. The third-order valence-electron chi connectivity index (χ3n) is 15.5. The van der Waals surface area contributed by atoms with Crippen LogP contribution in [-0.4, -0.2) is 279 Å². The van der Waals surface area contributed by atoms with Gasteiger partial charge >= 0.3 is 0 Å². The van der Waals surface area contributed by atoms with Gasteiger partial charge in [-0.1, -0.05) is 44.4 Å². The summed E-state index contributed by atoms with van der Waals surface area (Å²) in [7, 11) is 0. The van der Waals surface area contributed by atoms with Gasteiger partial charge < -0.3 is 130 Å². The largest absolute Gasteiger partial charge is 0.494 e. The molecule has 5 aliphatic heterocycles. The first-order valence-electron chi connectivity index (χ1n) is 29.3. The molecule has 6 rings (SSSR count). The minimum atomic E-state index is -2.01. The topological polar surface area (TPSA) is 460 Å². The Bertz CT molecular complexity index is 2370. The molecule has 0 aliphatic carbocycles. The lowest BCUT2D eigenvalue weighted by molar-refractivity contribution is -0.365. The number of amides is 5. The molecule has 1 aromatic carbocycles. The van der Waals surface area contributed by atoms with Crippen molar-refractivity contribution in [1.82, 2.24) is 26.6 Å². The molecule has 494 valence electrons. The summed E-state index contributed by atoms with van der Waals surface area (Å²) < 4.78 is 60.2. The number of hydrogen-bond donors (Lipinski definition) is 16. The highest BCUT2D eigenvalue weighted by atomic mass is 16.8. The van der Waals surface area contributed by atoms with Crippen molar-refractivity contribution in [3.8, 4) is 5.75 Å². The van der Waals surface area contributed by atoms with E-state index in [2.05, 4.69) is 45.7 Å². The van der Waals surface area contributed by atoms with Gasteiger partial charge in [-0.15, -0.1) is 0 Å². The molecule has 31 heteroatoms. The summed E-state index contributed by atoms with van der Waals surface area (Å²) >= 11 is 0. The molecule has 0 bridgehead atoms. The zero-order valence-electron chi connectivity index (χ0n) is 49.3. The van der Waals surface area contributed by atoms with E-state index < -0.39 is 209 Å². The lowest BCUT2D eigenvalue weighted by atomic mass is 9.93. The van der Waals surface area contributed by atoms with Crippen LogP contribution in [-0.2, 0) is 61.8 Å². The lowest BCUT2D eigenvalue weighted by Gasteiger charge is -2.51. The van der Waals surface area contributed by atoms with Gasteiger partial charge in [0.15, 0.2) is 25.2 Å². The molecule has 16 N–H and O–H groups in total. The summed E-state index contributed by atoms with van der Waals surface area (Å²) in [6.07, 6.45) is -21.4. The van der Waals surface area contributed by atoms with Crippen molar-refractivity contribution in [1.29, 1.82) is 0 Å². The molecule has 31 nitrogen and oxygen atoms in total. The first kappa shape index (κ1) is 71.4. The summed E-state index contributed by atoms with van der Waals surface area (Å²) in [5, 5.41) is 135. The average Bonchev–Trinajstić information content (AvgIpc) is 0.944. The molecule has 1 aromatic rings. The molecule has 5 amide bonds. The molecule has 5 heterocycles. The summed E-state index contributed by atoms with van der Waals surface area (Å²) in [6, 6.07) is -1.56. The predicted molar refractivity (Wildman–Crippen MR) is 296 cm³/mol. The second-order valence-electron chi connectivity index (χ2n) is 22.1. The maximum absolute atomic E-state index is 13.9. The highest BCUT2D eigenvalue weighted by molar-refractivity contribution is 5.94. The van der Waals surface area contributed by atoms with Crippen LogP contribution in [0.15, 0.2) is 36.4 Å². The van der Waals surface area contributed by atoms with E-state index in [4.69, 9.17) is 47.4 Å². The van der Waals surface area contributed by atoms with E-state index in [-0.39, 0.29) is 12.2 Å². The van der Waals surface area contributed by atoms with Crippen LogP contribution in [0.3, 0.4) is 0 Å². The van der Waals surface area contributed by atoms with E-state index >= 15 is 0 Å². The zero-order valence-corrected chi connectivity index (χ0v) is 49.3. The van der Waals surface area contributed by atoms with Crippen LogP contribution in [0, 0.1) is 0 Å². The molecule has 0 aromatic heterocycles. The van der Waals surface area contributed by atoms with Crippen molar-refractivity contribution in [3.63, 3.8) is 0 Å². The third-order valence-corrected chi connectivity index (χ3v) is 15.5. The van der Waals surface area contributed by atoms with Gasteiger partial charge in [-0.3, -0.25) is 24.0 Å². The smallest absolute Gasteiger partial charge is 0.251 e. The molecular weight excluding hydrogens is 1160 g/mol. The van der Waals surface area contributed by atoms with Gasteiger partial charge in [0.1, 0.15) is 121 Å². The van der Waals surface area contributed by atoms with Crippen LogP contribution < -0.4 is 31.3 Å². The Hall–Kier alpha value is -4.69. The van der Waals surface area contributed by atoms with Crippen LogP contribution in [0.4, 0.5) is 0 Å². The highest BCUT2D eigenvalue weighted by Crippen LogP contribution is 2.36. The molecule has 5 fully saturated rings.